The minimum Gasteiger partial charge on any atom is -0.277 e. The number of nitrogens with zero attached hydrogens (tertiary/aromatic N) is 2. The number of anilines is 1. The lowest BCUT2D eigenvalue weighted by Gasteiger charge is -2.13. The second kappa shape index (κ2) is 9.28. The van der Waals surface area contributed by atoms with Gasteiger partial charge in [-0.1, -0.05) is 40.2 Å². The predicted octanol–water partition coefficient (Wildman–Crippen LogP) is 5.06. The standard InChI is InChI=1S/C23H19BrN4O2S/c1-2-28-22(30)18-5-3-4-6-19(18)25-23(28)27-26-21(29)14-12-17-11-13-20(31-17)15-7-9-16(24)10-8-15/h3-14H,2H2,1H3,(H,25,27)(H,26,29)/b14-12+. The first-order valence-corrected chi connectivity index (χ1v) is 11.3. The van der Waals surface area contributed by atoms with Gasteiger partial charge in [0, 0.05) is 26.8 Å². The van der Waals surface area contributed by atoms with E-state index >= 15 is 0 Å². The molecule has 4 rings (SSSR count). The third kappa shape index (κ3) is 4.76. The largest absolute Gasteiger partial charge is 0.277 e. The van der Waals surface area contributed by atoms with Gasteiger partial charge in [0.1, 0.15) is 0 Å². The molecule has 0 fully saturated rings. The zero-order chi connectivity index (χ0) is 21.8. The number of nitrogens with one attached hydrogen (secondary N) is 2. The van der Waals surface area contributed by atoms with E-state index in [1.807, 2.05) is 49.4 Å². The Kier molecular flexibility index (Phi) is 6.29. The molecule has 0 aliphatic heterocycles. The summed E-state index contributed by atoms with van der Waals surface area (Å²) in [6.45, 7) is 2.28. The van der Waals surface area contributed by atoms with Crippen LogP contribution in [0, 0.1) is 0 Å². The Morgan fingerprint density at radius 1 is 1.13 bits per heavy atom. The highest BCUT2D eigenvalue weighted by Gasteiger charge is 2.10. The minimum absolute atomic E-state index is 0.153. The van der Waals surface area contributed by atoms with Crippen LogP contribution in [-0.4, -0.2) is 15.5 Å². The number of benzene rings is 2. The highest BCUT2D eigenvalue weighted by molar-refractivity contribution is 9.10. The fraction of sp³-hybridized carbons (Fsp3) is 0.0870. The summed E-state index contributed by atoms with van der Waals surface area (Å²) in [5.74, 6) is -0.0507. The number of hydrazine groups is 1. The average Bonchev–Trinajstić information content (AvgIpc) is 3.26. The first-order valence-electron chi connectivity index (χ1n) is 9.64. The molecule has 0 spiro atoms. The molecule has 0 unspecified atom stereocenters. The number of para-hydroxylation sites is 1. The maximum Gasteiger partial charge on any atom is 0.262 e. The zero-order valence-electron chi connectivity index (χ0n) is 16.6. The summed E-state index contributed by atoms with van der Waals surface area (Å²) >= 11 is 5.04. The summed E-state index contributed by atoms with van der Waals surface area (Å²) in [4.78, 5) is 31.4. The second-order valence-corrected chi connectivity index (χ2v) is 8.69. The van der Waals surface area contributed by atoms with E-state index in [-0.39, 0.29) is 11.5 Å². The molecule has 2 heterocycles. The van der Waals surface area contributed by atoms with Crippen LogP contribution in [0.4, 0.5) is 5.95 Å². The van der Waals surface area contributed by atoms with Gasteiger partial charge >= 0.3 is 0 Å². The van der Waals surface area contributed by atoms with Crippen molar-refractivity contribution in [2.75, 3.05) is 5.43 Å². The average molecular weight is 495 g/mol. The van der Waals surface area contributed by atoms with E-state index in [0.29, 0.717) is 23.4 Å². The Morgan fingerprint density at radius 2 is 1.90 bits per heavy atom. The van der Waals surface area contributed by atoms with E-state index in [4.69, 9.17) is 0 Å². The number of hydrogen-bond acceptors (Lipinski definition) is 5. The summed E-state index contributed by atoms with van der Waals surface area (Å²) in [6, 6.07) is 19.2. The van der Waals surface area contributed by atoms with Crippen molar-refractivity contribution in [1.82, 2.24) is 15.0 Å². The molecule has 0 saturated carbocycles. The van der Waals surface area contributed by atoms with Gasteiger partial charge in [0.2, 0.25) is 5.95 Å². The lowest BCUT2D eigenvalue weighted by molar-refractivity contribution is -0.116. The fourth-order valence-electron chi connectivity index (χ4n) is 3.09. The summed E-state index contributed by atoms with van der Waals surface area (Å²) in [5, 5.41) is 0.542. The molecule has 156 valence electrons. The Morgan fingerprint density at radius 3 is 2.68 bits per heavy atom. The van der Waals surface area contributed by atoms with Gasteiger partial charge in [0.15, 0.2) is 0 Å². The number of halogens is 1. The van der Waals surface area contributed by atoms with E-state index < -0.39 is 0 Å². The zero-order valence-corrected chi connectivity index (χ0v) is 19.0. The van der Waals surface area contributed by atoms with E-state index in [2.05, 4.69) is 31.8 Å². The molecule has 4 aromatic rings. The Hall–Kier alpha value is -3.23. The molecular formula is C23H19BrN4O2S. The number of aromatic nitrogens is 2. The Labute approximate surface area is 191 Å². The molecule has 31 heavy (non-hydrogen) atoms. The van der Waals surface area contributed by atoms with Crippen LogP contribution in [0.2, 0.25) is 0 Å². The molecule has 6 nitrogen and oxygen atoms in total. The van der Waals surface area contributed by atoms with Gasteiger partial charge in [-0.25, -0.2) is 4.98 Å². The molecule has 0 aliphatic rings. The maximum atomic E-state index is 12.6. The van der Waals surface area contributed by atoms with Crippen LogP contribution in [0.15, 0.2) is 76.0 Å². The van der Waals surface area contributed by atoms with Gasteiger partial charge < -0.3 is 0 Å². The van der Waals surface area contributed by atoms with Crippen LogP contribution in [-0.2, 0) is 11.3 Å². The van der Waals surface area contributed by atoms with E-state index in [1.165, 1.54) is 10.6 Å². The van der Waals surface area contributed by atoms with Gasteiger partial charge in [0.25, 0.3) is 11.5 Å². The van der Waals surface area contributed by atoms with Crippen molar-refractivity contribution >= 4 is 56.1 Å². The molecule has 2 aromatic heterocycles. The summed E-state index contributed by atoms with van der Waals surface area (Å²) in [6.07, 6.45) is 3.20. The number of fused-ring (bicyclic) bond motifs is 1. The van der Waals surface area contributed by atoms with Gasteiger partial charge in [-0.05, 0) is 55.0 Å². The Bertz CT molecular complexity index is 1330. The van der Waals surface area contributed by atoms with Gasteiger partial charge in [-0.3, -0.25) is 25.0 Å². The number of carbonyl (C=O) groups excluding carboxylic acids is 1. The maximum absolute atomic E-state index is 12.6. The number of thiophene rings is 1. The molecule has 2 N–H and O–H groups in total. The van der Waals surface area contributed by atoms with Crippen LogP contribution in [0.3, 0.4) is 0 Å². The number of rotatable bonds is 6. The molecule has 0 atom stereocenters. The minimum atomic E-state index is -0.344. The fourth-order valence-corrected chi connectivity index (χ4v) is 4.27. The summed E-state index contributed by atoms with van der Waals surface area (Å²) in [7, 11) is 0. The molecule has 0 radical (unpaired) electrons. The van der Waals surface area contributed by atoms with Crippen LogP contribution in [0.5, 0.6) is 0 Å². The molecule has 0 aliphatic carbocycles. The topological polar surface area (TPSA) is 76.0 Å². The number of carbonyl (C=O) groups is 1. The monoisotopic (exact) mass is 494 g/mol. The van der Waals surface area contributed by atoms with Crippen molar-refractivity contribution in [3.8, 4) is 10.4 Å². The number of hydrogen-bond donors (Lipinski definition) is 2. The molecule has 2 aromatic carbocycles. The first kappa shape index (κ1) is 21.0. The lowest BCUT2D eigenvalue weighted by Crippen LogP contribution is -2.33. The van der Waals surface area contributed by atoms with Crippen LogP contribution >= 0.6 is 27.3 Å². The Balaban J connectivity index is 1.45. The van der Waals surface area contributed by atoms with Crippen LogP contribution in [0.1, 0.15) is 11.8 Å². The molecule has 8 heteroatoms. The summed E-state index contributed by atoms with van der Waals surface area (Å²) in [5.41, 5.74) is 6.89. The van der Waals surface area contributed by atoms with Crippen LogP contribution < -0.4 is 16.4 Å². The third-order valence-electron chi connectivity index (χ3n) is 4.63. The summed E-state index contributed by atoms with van der Waals surface area (Å²) < 4.78 is 2.52. The quantitative estimate of drug-likeness (QED) is 0.290. The first-order chi connectivity index (χ1) is 15.0. The SMILES string of the molecule is CCn1c(NNC(=O)/C=C/c2ccc(-c3ccc(Br)cc3)s2)nc2ccccc2c1=O. The molecule has 0 saturated heterocycles. The van der Waals surface area contributed by atoms with Gasteiger partial charge in [0.05, 0.1) is 10.9 Å². The normalized spacial score (nSPS) is 11.2. The van der Waals surface area contributed by atoms with Crippen molar-refractivity contribution in [2.45, 2.75) is 13.5 Å². The van der Waals surface area contributed by atoms with Crippen molar-refractivity contribution in [2.24, 2.45) is 0 Å². The van der Waals surface area contributed by atoms with Gasteiger partial charge in [-0.2, -0.15) is 0 Å². The van der Waals surface area contributed by atoms with Gasteiger partial charge in [-0.15, -0.1) is 11.3 Å². The molecule has 1 amide bonds. The van der Waals surface area contributed by atoms with E-state index in [0.717, 1.165) is 19.8 Å². The van der Waals surface area contributed by atoms with Crippen LogP contribution in [0.25, 0.3) is 27.4 Å². The van der Waals surface area contributed by atoms with E-state index in [1.54, 1.807) is 35.6 Å². The molecule has 0 bridgehead atoms. The molecular weight excluding hydrogens is 476 g/mol. The highest BCUT2D eigenvalue weighted by atomic mass is 79.9. The predicted molar refractivity (Wildman–Crippen MR) is 130 cm³/mol. The third-order valence-corrected chi connectivity index (χ3v) is 6.26. The second-order valence-electron chi connectivity index (χ2n) is 6.66. The van der Waals surface area contributed by atoms with Crippen molar-refractivity contribution < 1.29 is 4.79 Å². The lowest BCUT2D eigenvalue weighted by atomic mass is 10.2. The van der Waals surface area contributed by atoms with Crippen molar-refractivity contribution in [3.63, 3.8) is 0 Å². The number of amides is 1. The van der Waals surface area contributed by atoms with Crippen molar-refractivity contribution in [1.29, 1.82) is 0 Å². The van der Waals surface area contributed by atoms with Crippen molar-refractivity contribution in [3.05, 3.63) is 86.4 Å². The smallest absolute Gasteiger partial charge is 0.262 e. The van der Waals surface area contributed by atoms with E-state index in [9.17, 15) is 9.59 Å². The highest BCUT2D eigenvalue weighted by Crippen LogP contribution is 2.29.